The van der Waals surface area contributed by atoms with E-state index >= 15 is 0 Å². The Kier molecular flexibility index (Phi) is 4.08. The highest BCUT2D eigenvalue weighted by Gasteiger charge is 2.35. The average molecular weight is 280 g/mol. The van der Waals surface area contributed by atoms with Gasteiger partial charge in [0.15, 0.2) is 5.89 Å². The summed E-state index contributed by atoms with van der Waals surface area (Å²) < 4.78 is 5.37. The van der Waals surface area contributed by atoms with Crippen molar-refractivity contribution in [1.29, 1.82) is 0 Å². The van der Waals surface area contributed by atoms with Gasteiger partial charge in [0.05, 0.1) is 5.69 Å². The SMILES string of the molecule is Cc1nc(C)c(C(=O)N2CCNCC2C(=O)N(C)C)o1. The number of likely N-dealkylation sites (N-methyl/N-ethyl adjacent to an activating group) is 1. The Morgan fingerprint density at radius 2 is 2.10 bits per heavy atom. The van der Waals surface area contributed by atoms with Gasteiger partial charge < -0.3 is 19.5 Å². The number of nitrogens with zero attached hydrogens (tertiary/aromatic N) is 3. The molecule has 110 valence electrons. The highest BCUT2D eigenvalue weighted by molar-refractivity contribution is 5.96. The molecule has 2 amide bonds. The molecule has 2 heterocycles. The zero-order valence-electron chi connectivity index (χ0n) is 12.3. The van der Waals surface area contributed by atoms with Gasteiger partial charge in [0.2, 0.25) is 11.7 Å². The van der Waals surface area contributed by atoms with Crippen LogP contribution in [0.15, 0.2) is 4.42 Å². The van der Waals surface area contributed by atoms with Crippen LogP contribution in [0.2, 0.25) is 0 Å². The van der Waals surface area contributed by atoms with Crippen molar-refractivity contribution in [3.8, 4) is 0 Å². The van der Waals surface area contributed by atoms with Crippen molar-refractivity contribution in [2.75, 3.05) is 33.7 Å². The van der Waals surface area contributed by atoms with Crippen LogP contribution in [0.4, 0.5) is 0 Å². The largest absolute Gasteiger partial charge is 0.436 e. The topological polar surface area (TPSA) is 78.7 Å². The van der Waals surface area contributed by atoms with E-state index in [1.807, 2.05) is 0 Å². The van der Waals surface area contributed by atoms with Crippen LogP contribution < -0.4 is 5.32 Å². The minimum Gasteiger partial charge on any atom is -0.436 e. The molecule has 1 aliphatic heterocycles. The van der Waals surface area contributed by atoms with E-state index in [1.54, 1.807) is 32.8 Å². The van der Waals surface area contributed by atoms with E-state index in [0.717, 1.165) is 0 Å². The molecular formula is C13H20N4O3. The Labute approximate surface area is 117 Å². The van der Waals surface area contributed by atoms with Crippen molar-refractivity contribution >= 4 is 11.8 Å². The molecule has 20 heavy (non-hydrogen) atoms. The quantitative estimate of drug-likeness (QED) is 0.811. The van der Waals surface area contributed by atoms with E-state index in [9.17, 15) is 9.59 Å². The Morgan fingerprint density at radius 3 is 2.65 bits per heavy atom. The number of aromatic nitrogens is 1. The summed E-state index contributed by atoms with van der Waals surface area (Å²) >= 11 is 0. The zero-order valence-corrected chi connectivity index (χ0v) is 12.3. The predicted octanol–water partition coefficient (Wildman–Crippen LogP) is -0.206. The van der Waals surface area contributed by atoms with Crippen molar-refractivity contribution in [2.45, 2.75) is 19.9 Å². The van der Waals surface area contributed by atoms with Crippen LogP contribution in [0.1, 0.15) is 22.1 Å². The maximum Gasteiger partial charge on any atom is 0.292 e. The van der Waals surface area contributed by atoms with E-state index < -0.39 is 6.04 Å². The fourth-order valence-electron chi connectivity index (χ4n) is 2.33. The molecule has 0 saturated carbocycles. The van der Waals surface area contributed by atoms with Gasteiger partial charge in [-0.25, -0.2) is 4.98 Å². The zero-order chi connectivity index (χ0) is 14.9. The number of oxazole rings is 1. The molecule has 1 aromatic rings. The number of carbonyl (C=O) groups excluding carboxylic acids is 2. The first kappa shape index (κ1) is 14.5. The van der Waals surface area contributed by atoms with Gasteiger partial charge in [0.1, 0.15) is 6.04 Å². The Bertz CT molecular complexity index is 524. The molecule has 1 aliphatic rings. The Balaban J connectivity index is 2.26. The molecule has 7 nitrogen and oxygen atoms in total. The summed E-state index contributed by atoms with van der Waals surface area (Å²) in [4.78, 5) is 31.9. The smallest absolute Gasteiger partial charge is 0.292 e. The molecule has 0 radical (unpaired) electrons. The maximum atomic E-state index is 12.6. The molecule has 0 aromatic carbocycles. The molecule has 0 aliphatic carbocycles. The number of hydrogen-bond acceptors (Lipinski definition) is 5. The highest BCUT2D eigenvalue weighted by atomic mass is 16.4. The average Bonchev–Trinajstić information content (AvgIpc) is 2.76. The van der Waals surface area contributed by atoms with Crippen LogP contribution in [0, 0.1) is 13.8 Å². The summed E-state index contributed by atoms with van der Waals surface area (Å²) in [6.45, 7) is 5.02. The van der Waals surface area contributed by atoms with Crippen molar-refractivity contribution in [2.24, 2.45) is 0 Å². The van der Waals surface area contributed by atoms with Crippen molar-refractivity contribution in [3.05, 3.63) is 17.3 Å². The van der Waals surface area contributed by atoms with Crippen molar-refractivity contribution in [1.82, 2.24) is 20.1 Å². The third-order valence-electron chi connectivity index (χ3n) is 3.33. The van der Waals surface area contributed by atoms with Gasteiger partial charge in [0.25, 0.3) is 5.91 Å². The van der Waals surface area contributed by atoms with Gasteiger partial charge in [0, 0.05) is 40.7 Å². The Morgan fingerprint density at radius 1 is 1.40 bits per heavy atom. The minimum atomic E-state index is -0.504. The van der Waals surface area contributed by atoms with Crippen molar-refractivity contribution < 1.29 is 14.0 Å². The van der Waals surface area contributed by atoms with Gasteiger partial charge in [-0.2, -0.15) is 0 Å². The van der Waals surface area contributed by atoms with Crippen LogP contribution in [0.3, 0.4) is 0 Å². The summed E-state index contributed by atoms with van der Waals surface area (Å²) in [6, 6.07) is -0.504. The third-order valence-corrected chi connectivity index (χ3v) is 3.33. The molecule has 7 heteroatoms. The molecular weight excluding hydrogens is 260 g/mol. The summed E-state index contributed by atoms with van der Waals surface area (Å²) in [6.07, 6.45) is 0. The molecule has 2 rings (SSSR count). The number of amides is 2. The number of carbonyl (C=O) groups is 2. The highest BCUT2D eigenvalue weighted by Crippen LogP contribution is 2.16. The van der Waals surface area contributed by atoms with Gasteiger partial charge in [-0.05, 0) is 6.92 Å². The summed E-state index contributed by atoms with van der Waals surface area (Å²) in [7, 11) is 3.37. The fraction of sp³-hybridized carbons (Fsp3) is 0.615. The predicted molar refractivity (Wildman–Crippen MR) is 72.4 cm³/mol. The molecule has 1 unspecified atom stereocenters. The monoisotopic (exact) mass is 280 g/mol. The van der Waals surface area contributed by atoms with E-state index in [0.29, 0.717) is 31.2 Å². The first-order valence-electron chi connectivity index (χ1n) is 6.58. The number of rotatable bonds is 2. The van der Waals surface area contributed by atoms with E-state index in [1.165, 1.54) is 4.90 Å². The van der Waals surface area contributed by atoms with Crippen LogP contribution in [-0.2, 0) is 4.79 Å². The lowest BCUT2D eigenvalue weighted by molar-refractivity contribution is -0.134. The van der Waals surface area contributed by atoms with Crippen molar-refractivity contribution in [3.63, 3.8) is 0 Å². The molecule has 0 bridgehead atoms. The normalized spacial score (nSPS) is 19.0. The molecule has 1 saturated heterocycles. The minimum absolute atomic E-state index is 0.0977. The molecule has 1 N–H and O–H groups in total. The molecule has 1 fully saturated rings. The van der Waals surface area contributed by atoms with E-state index in [2.05, 4.69) is 10.3 Å². The lowest BCUT2D eigenvalue weighted by Crippen LogP contribution is -2.59. The summed E-state index contributed by atoms with van der Waals surface area (Å²) in [5, 5.41) is 3.14. The lowest BCUT2D eigenvalue weighted by atomic mass is 10.1. The maximum absolute atomic E-state index is 12.6. The van der Waals surface area contributed by atoms with Gasteiger partial charge >= 0.3 is 0 Å². The van der Waals surface area contributed by atoms with Gasteiger partial charge in [-0.3, -0.25) is 9.59 Å². The Hall–Kier alpha value is -1.89. The van der Waals surface area contributed by atoms with Crippen LogP contribution in [-0.4, -0.2) is 66.4 Å². The van der Waals surface area contributed by atoms with Crippen LogP contribution in [0.5, 0.6) is 0 Å². The first-order valence-corrected chi connectivity index (χ1v) is 6.58. The second-order valence-corrected chi connectivity index (χ2v) is 5.10. The second kappa shape index (κ2) is 5.62. The standard InChI is InChI=1S/C13H20N4O3/c1-8-11(20-9(2)15-8)13(19)17-6-5-14-7-10(17)12(18)16(3)4/h10,14H,5-7H2,1-4H3. The van der Waals surface area contributed by atoms with E-state index in [-0.39, 0.29) is 17.6 Å². The van der Waals surface area contributed by atoms with Gasteiger partial charge in [-0.1, -0.05) is 0 Å². The number of aryl methyl sites for hydroxylation is 2. The van der Waals surface area contributed by atoms with Crippen LogP contribution in [0.25, 0.3) is 0 Å². The molecule has 1 aromatic heterocycles. The summed E-state index contributed by atoms with van der Waals surface area (Å²) in [5.41, 5.74) is 0.557. The number of nitrogens with one attached hydrogen (secondary N) is 1. The number of hydrogen-bond donors (Lipinski definition) is 1. The fourth-order valence-corrected chi connectivity index (χ4v) is 2.33. The molecule has 1 atom stereocenters. The number of piperazine rings is 1. The van der Waals surface area contributed by atoms with E-state index in [4.69, 9.17) is 4.42 Å². The second-order valence-electron chi connectivity index (χ2n) is 5.10. The molecule has 0 spiro atoms. The summed E-state index contributed by atoms with van der Waals surface area (Å²) in [5.74, 6) is 0.307. The first-order chi connectivity index (χ1) is 9.41. The van der Waals surface area contributed by atoms with Crippen LogP contribution >= 0.6 is 0 Å². The van der Waals surface area contributed by atoms with Gasteiger partial charge in [-0.15, -0.1) is 0 Å². The lowest BCUT2D eigenvalue weighted by Gasteiger charge is -2.35. The third kappa shape index (κ3) is 2.67.